The van der Waals surface area contributed by atoms with Crippen LogP contribution < -0.4 is 10.6 Å². The van der Waals surface area contributed by atoms with Gasteiger partial charge in [0.2, 0.25) is 0 Å². The Morgan fingerprint density at radius 1 is 1.00 bits per heavy atom. The van der Waals surface area contributed by atoms with Gasteiger partial charge in [-0.25, -0.2) is 0 Å². The normalized spacial score (nSPS) is 13.8. The number of halogens is 1. The van der Waals surface area contributed by atoms with E-state index in [4.69, 9.17) is 11.6 Å². The summed E-state index contributed by atoms with van der Waals surface area (Å²) in [6.45, 7) is 1.27. The summed E-state index contributed by atoms with van der Waals surface area (Å²) < 4.78 is 0. The number of nitrogens with one attached hydrogen (secondary N) is 2. The van der Waals surface area contributed by atoms with Crippen molar-refractivity contribution in [2.45, 2.75) is 6.54 Å². The number of carbonyl (C=O) groups excluding carboxylic acids is 2. The minimum absolute atomic E-state index is 0.253. The summed E-state index contributed by atoms with van der Waals surface area (Å²) in [6.07, 6.45) is 0. The van der Waals surface area contributed by atoms with Crippen molar-refractivity contribution in [3.8, 4) is 0 Å². The Balaban J connectivity index is 1.50. The quantitative estimate of drug-likeness (QED) is 0.481. The average Bonchev–Trinajstić information content (AvgIpc) is 2.91. The third kappa shape index (κ3) is 3.86. The SMILES string of the molecule is CN=C(NCCN1C(=O)c2ccccc2C1=O)NCc1ccc(Cl)cc1. The number of carbonyl (C=O) groups is 2. The molecule has 7 heteroatoms. The van der Waals surface area contributed by atoms with Crippen molar-refractivity contribution in [3.05, 3.63) is 70.2 Å². The van der Waals surface area contributed by atoms with Crippen LogP contribution in [0.15, 0.2) is 53.5 Å². The lowest BCUT2D eigenvalue weighted by Gasteiger charge is -2.16. The lowest BCUT2D eigenvalue weighted by atomic mass is 10.1. The van der Waals surface area contributed by atoms with Crippen molar-refractivity contribution in [1.82, 2.24) is 15.5 Å². The molecule has 6 nitrogen and oxygen atoms in total. The monoisotopic (exact) mass is 370 g/mol. The Kier molecular flexibility index (Phi) is 5.53. The van der Waals surface area contributed by atoms with E-state index in [1.54, 1.807) is 31.3 Å². The highest BCUT2D eigenvalue weighted by Crippen LogP contribution is 2.21. The van der Waals surface area contributed by atoms with Gasteiger partial charge < -0.3 is 10.6 Å². The maximum Gasteiger partial charge on any atom is 0.261 e. The van der Waals surface area contributed by atoms with E-state index in [1.165, 1.54) is 4.90 Å². The zero-order chi connectivity index (χ0) is 18.5. The minimum atomic E-state index is -0.253. The van der Waals surface area contributed by atoms with Crippen LogP contribution in [-0.2, 0) is 6.54 Å². The molecular formula is C19H19ClN4O2. The molecule has 0 saturated carbocycles. The number of benzene rings is 2. The smallest absolute Gasteiger partial charge is 0.261 e. The molecule has 0 saturated heterocycles. The fourth-order valence-electron chi connectivity index (χ4n) is 2.74. The standard InChI is InChI=1S/C19H19ClN4O2/c1-21-19(23-12-13-6-8-14(20)9-7-13)22-10-11-24-17(25)15-4-2-3-5-16(15)18(24)26/h2-9H,10-12H2,1H3,(H2,21,22,23). The molecule has 0 unspecified atom stereocenters. The first-order valence-corrected chi connectivity index (χ1v) is 8.62. The van der Waals surface area contributed by atoms with Gasteiger partial charge in [-0.3, -0.25) is 19.5 Å². The van der Waals surface area contributed by atoms with Gasteiger partial charge in [-0.05, 0) is 29.8 Å². The molecule has 0 fully saturated rings. The number of fused-ring (bicyclic) bond motifs is 1. The zero-order valence-electron chi connectivity index (χ0n) is 14.3. The molecule has 2 aromatic carbocycles. The summed E-state index contributed by atoms with van der Waals surface area (Å²) in [5.41, 5.74) is 1.99. The molecule has 0 aromatic heterocycles. The number of rotatable bonds is 5. The Bertz CT molecular complexity index is 814. The molecule has 0 spiro atoms. The fraction of sp³-hybridized carbons (Fsp3) is 0.211. The van der Waals surface area contributed by atoms with Crippen LogP contribution in [0.25, 0.3) is 0 Å². The number of nitrogens with zero attached hydrogens (tertiary/aromatic N) is 2. The van der Waals surface area contributed by atoms with E-state index in [-0.39, 0.29) is 18.4 Å². The van der Waals surface area contributed by atoms with Crippen LogP contribution in [0.5, 0.6) is 0 Å². The van der Waals surface area contributed by atoms with Gasteiger partial charge in [0.25, 0.3) is 11.8 Å². The number of imide groups is 1. The van der Waals surface area contributed by atoms with Gasteiger partial charge in [-0.1, -0.05) is 35.9 Å². The molecule has 0 aliphatic carbocycles. The van der Waals surface area contributed by atoms with Crippen LogP contribution in [0.1, 0.15) is 26.3 Å². The lowest BCUT2D eigenvalue weighted by molar-refractivity contribution is 0.0657. The molecule has 3 rings (SSSR count). The van der Waals surface area contributed by atoms with Gasteiger partial charge in [-0.15, -0.1) is 0 Å². The van der Waals surface area contributed by atoms with Gasteiger partial charge in [0, 0.05) is 31.7 Å². The Morgan fingerprint density at radius 2 is 1.62 bits per heavy atom. The van der Waals surface area contributed by atoms with Crippen molar-refractivity contribution in [2.24, 2.45) is 4.99 Å². The van der Waals surface area contributed by atoms with Crippen LogP contribution in [0, 0.1) is 0 Å². The van der Waals surface area contributed by atoms with Gasteiger partial charge in [0.05, 0.1) is 11.1 Å². The first-order valence-electron chi connectivity index (χ1n) is 8.24. The van der Waals surface area contributed by atoms with Gasteiger partial charge >= 0.3 is 0 Å². The second-order valence-electron chi connectivity index (χ2n) is 5.79. The second-order valence-corrected chi connectivity index (χ2v) is 6.22. The van der Waals surface area contributed by atoms with Gasteiger partial charge in [0.1, 0.15) is 0 Å². The van der Waals surface area contributed by atoms with Crippen molar-refractivity contribution in [1.29, 1.82) is 0 Å². The van der Waals surface area contributed by atoms with E-state index in [1.807, 2.05) is 24.3 Å². The molecule has 0 atom stereocenters. The van der Waals surface area contributed by atoms with Crippen molar-refractivity contribution in [3.63, 3.8) is 0 Å². The predicted octanol–water partition coefficient (Wildman–Crippen LogP) is 2.30. The fourth-order valence-corrected chi connectivity index (χ4v) is 2.86. The second kappa shape index (κ2) is 8.01. The lowest BCUT2D eigenvalue weighted by Crippen LogP contribution is -2.42. The van der Waals surface area contributed by atoms with Crippen LogP contribution >= 0.6 is 11.6 Å². The van der Waals surface area contributed by atoms with E-state index >= 15 is 0 Å². The number of hydrogen-bond acceptors (Lipinski definition) is 3. The highest BCUT2D eigenvalue weighted by Gasteiger charge is 2.34. The summed E-state index contributed by atoms with van der Waals surface area (Å²) >= 11 is 5.87. The van der Waals surface area contributed by atoms with E-state index in [9.17, 15) is 9.59 Å². The van der Waals surface area contributed by atoms with Crippen LogP contribution in [0.2, 0.25) is 5.02 Å². The molecule has 1 heterocycles. The molecule has 134 valence electrons. The number of amides is 2. The number of hydrogen-bond donors (Lipinski definition) is 2. The maximum atomic E-state index is 12.3. The molecule has 0 radical (unpaired) electrons. The van der Waals surface area contributed by atoms with E-state index in [2.05, 4.69) is 15.6 Å². The minimum Gasteiger partial charge on any atom is -0.355 e. The molecule has 2 N–H and O–H groups in total. The van der Waals surface area contributed by atoms with Crippen molar-refractivity contribution in [2.75, 3.05) is 20.1 Å². The summed E-state index contributed by atoms with van der Waals surface area (Å²) in [4.78, 5) is 30.0. The van der Waals surface area contributed by atoms with Gasteiger partial charge in [-0.2, -0.15) is 0 Å². The van der Waals surface area contributed by atoms with Crippen molar-refractivity contribution < 1.29 is 9.59 Å². The predicted molar refractivity (Wildman–Crippen MR) is 101 cm³/mol. The molecular weight excluding hydrogens is 352 g/mol. The molecule has 0 bridgehead atoms. The van der Waals surface area contributed by atoms with Crippen LogP contribution in [0.3, 0.4) is 0 Å². The summed E-state index contributed by atoms with van der Waals surface area (Å²) in [7, 11) is 1.67. The molecule has 2 aromatic rings. The average molecular weight is 371 g/mol. The van der Waals surface area contributed by atoms with Crippen molar-refractivity contribution >= 4 is 29.4 Å². The summed E-state index contributed by atoms with van der Waals surface area (Å²) in [6, 6.07) is 14.4. The zero-order valence-corrected chi connectivity index (χ0v) is 15.1. The van der Waals surface area contributed by atoms with Gasteiger partial charge in [0.15, 0.2) is 5.96 Å². The van der Waals surface area contributed by atoms with Crippen LogP contribution in [-0.4, -0.2) is 42.8 Å². The molecule has 26 heavy (non-hydrogen) atoms. The van der Waals surface area contributed by atoms with Crippen LogP contribution in [0.4, 0.5) is 0 Å². The third-order valence-electron chi connectivity index (χ3n) is 4.10. The Hall–Kier alpha value is -2.86. The topological polar surface area (TPSA) is 73.8 Å². The maximum absolute atomic E-state index is 12.3. The van der Waals surface area contributed by atoms with E-state index < -0.39 is 0 Å². The number of guanidine groups is 1. The summed E-state index contributed by atoms with van der Waals surface area (Å²) in [5, 5.41) is 6.98. The first kappa shape index (κ1) is 17.9. The summed E-state index contributed by atoms with van der Waals surface area (Å²) in [5.74, 6) is 0.0876. The third-order valence-corrected chi connectivity index (χ3v) is 4.35. The Labute approximate surface area is 156 Å². The molecule has 1 aliphatic rings. The Morgan fingerprint density at radius 3 is 2.19 bits per heavy atom. The van der Waals surface area contributed by atoms with E-state index in [0.717, 1.165) is 5.56 Å². The van der Waals surface area contributed by atoms with E-state index in [0.29, 0.717) is 35.2 Å². The highest BCUT2D eigenvalue weighted by molar-refractivity contribution is 6.30. The molecule has 1 aliphatic heterocycles. The largest absolute Gasteiger partial charge is 0.355 e. The highest BCUT2D eigenvalue weighted by atomic mass is 35.5. The molecule has 2 amide bonds. The first-order chi connectivity index (χ1) is 12.6. The number of aliphatic imine (C=N–C) groups is 1.